The molecule has 0 aliphatic carbocycles. The van der Waals surface area contributed by atoms with E-state index in [0.29, 0.717) is 22.0 Å². The van der Waals surface area contributed by atoms with Crippen LogP contribution in [-0.2, 0) is 9.59 Å². The summed E-state index contributed by atoms with van der Waals surface area (Å²) in [6.07, 6.45) is 0. The summed E-state index contributed by atoms with van der Waals surface area (Å²) in [5, 5.41) is 3.34. The summed E-state index contributed by atoms with van der Waals surface area (Å²) in [4.78, 5) is 27.5. The van der Waals surface area contributed by atoms with Crippen molar-refractivity contribution in [1.29, 1.82) is 0 Å². The first-order valence-electron chi connectivity index (χ1n) is 9.46. The van der Waals surface area contributed by atoms with Gasteiger partial charge in [-0.3, -0.25) is 9.59 Å². The maximum Gasteiger partial charge on any atom is 0.282 e. The first-order valence-corrected chi connectivity index (χ1v) is 9.83. The van der Waals surface area contributed by atoms with Gasteiger partial charge in [0.05, 0.1) is 23.4 Å². The van der Waals surface area contributed by atoms with Crippen molar-refractivity contribution in [2.45, 2.75) is 6.92 Å². The number of nitrogens with one attached hydrogen (secondary N) is 1. The third-order valence-electron chi connectivity index (χ3n) is 4.94. The van der Waals surface area contributed by atoms with E-state index in [1.807, 2.05) is 19.1 Å². The number of nitrogens with zero attached hydrogens (tertiary/aromatic N) is 1. The Morgan fingerprint density at radius 1 is 0.968 bits per heavy atom. The minimum absolute atomic E-state index is 0.0401. The molecule has 3 aromatic rings. The maximum absolute atomic E-state index is 14.4. The SMILES string of the molecule is COc1ccc(NC2=C(c3ccc(C)cc3)C(=O)N(c3ccccc3F)C2=O)cc1Cl. The largest absolute Gasteiger partial charge is 0.495 e. The van der Waals surface area contributed by atoms with Gasteiger partial charge in [0, 0.05) is 5.69 Å². The fraction of sp³-hybridized carbons (Fsp3) is 0.0833. The second-order valence-electron chi connectivity index (χ2n) is 6.99. The van der Waals surface area contributed by atoms with E-state index >= 15 is 0 Å². The zero-order valence-electron chi connectivity index (χ0n) is 16.8. The number of amides is 2. The third-order valence-corrected chi connectivity index (χ3v) is 5.23. The van der Waals surface area contributed by atoms with Crippen LogP contribution in [0.15, 0.2) is 72.4 Å². The molecule has 3 aromatic carbocycles. The van der Waals surface area contributed by atoms with Crippen LogP contribution in [0.4, 0.5) is 15.8 Å². The number of carbonyl (C=O) groups is 2. The molecule has 0 bridgehead atoms. The highest BCUT2D eigenvalue weighted by molar-refractivity contribution is 6.46. The second-order valence-corrected chi connectivity index (χ2v) is 7.39. The van der Waals surface area contributed by atoms with Crippen LogP contribution in [0.5, 0.6) is 5.75 Å². The van der Waals surface area contributed by atoms with Crippen molar-refractivity contribution in [3.05, 3.63) is 94.4 Å². The molecule has 31 heavy (non-hydrogen) atoms. The molecule has 7 heteroatoms. The lowest BCUT2D eigenvalue weighted by Crippen LogP contribution is -2.33. The topological polar surface area (TPSA) is 58.6 Å². The molecule has 0 unspecified atom stereocenters. The van der Waals surface area contributed by atoms with Crippen LogP contribution in [0, 0.1) is 12.7 Å². The Bertz CT molecular complexity index is 1220. The van der Waals surface area contributed by atoms with Gasteiger partial charge >= 0.3 is 0 Å². The molecule has 1 aliphatic rings. The van der Waals surface area contributed by atoms with Crippen LogP contribution < -0.4 is 15.0 Å². The molecular weight excluding hydrogens is 419 g/mol. The Hall–Kier alpha value is -3.64. The lowest BCUT2D eigenvalue weighted by Gasteiger charge is -2.16. The van der Waals surface area contributed by atoms with Crippen molar-refractivity contribution in [3.8, 4) is 5.75 Å². The van der Waals surface area contributed by atoms with Crippen LogP contribution in [0.1, 0.15) is 11.1 Å². The van der Waals surface area contributed by atoms with E-state index in [-0.39, 0.29) is 17.0 Å². The molecule has 0 spiro atoms. The zero-order chi connectivity index (χ0) is 22.1. The molecule has 1 aliphatic heterocycles. The monoisotopic (exact) mass is 436 g/mol. The molecular formula is C24H18ClFN2O3. The van der Waals surface area contributed by atoms with E-state index in [1.165, 1.54) is 25.3 Å². The molecule has 5 nitrogen and oxygen atoms in total. The lowest BCUT2D eigenvalue weighted by atomic mass is 10.0. The van der Waals surface area contributed by atoms with Crippen LogP contribution in [0.25, 0.3) is 5.57 Å². The minimum atomic E-state index is -0.666. The summed E-state index contributed by atoms with van der Waals surface area (Å²) in [5.41, 5.74) is 2.13. The fourth-order valence-electron chi connectivity index (χ4n) is 3.37. The minimum Gasteiger partial charge on any atom is -0.495 e. The number of hydrogen-bond acceptors (Lipinski definition) is 4. The number of ether oxygens (including phenoxy) is 1. The molecule has 0 saturated heterocycles. The number of carbonyl (C=O) groups excluding carboxylic acids is 2. The Morgan fingerprint density at radius 2 is 1.68 bits per heavy atom. The first-order chi connectivity index (χ1) is 14.9. The maximum atomic E-state index is 14.4. The molecule has 0 saturated carbocycles. The van der Waals surface area contributed by atoms with E-state index in [4.69, 9.17) is 16.3 Å². The first kappa shape index (κ1) is 20.6. The number of aryl methyl sites for hydroxylation is 1. The number of para-hydroxylation sites is 1. The highest BCUT2D eigenvalue weighted by Crippen LogP contribution is 2.36. The van der Waals surface area contributed by atoms with Crippen LogP contribution >= 0.6 is 11.6 Å². The van der Waals surface area contributed by atoms with Crippen LogP contribution in [0.2, 0.25) is 5.02 Å². The third kappa shape index (κ3) is 3.78. The van der Waals surface area contributed by atoms with E-state index in [9.17, 15) is 14.0 Å². The van der Waals surface area contributed by atoms with Gasteiger partial charge in [-0.1, -0.05) is 53.6 Å². The molecule has 0 fully saturated rings. The molecule has 1 N–H and O–H groups in total. The van der Waals surface area contributed by atoms with Crippen molar-refractivity contribution in [3.63, 3.8) is 0 Å². The second kappa shape index (κ2) is 8.24. The van der Waals surface area contributed by atoms with E-state index in [1.54, 1.807) is 36.4 Å². The van der Waals surface area contributed by atoms with E-state index in [2.05, 4.69) is 5.32 Å². The van der Waals surface area contributed by atoms with Gasteiger partial charge in [0.1, 0.15) is 17.3 Å². The number of hydrogen-bond donors (Lipinski definition) is 1. The van der Waals surface area contributed by atoms with E-state index < -0.39 is 17.6 Å². The number of benzene rings is 3. The average Bonchev–Trinajstić information content (AvgIpc) is 2.99. The van der Waals surface area contributed by atoms with Gasteiger partial charge in [-0.15, -0.1) is 0 Å². The summed E-state index contributed by atoms with van der Waals surface area (Å²) in [5.74, 6) is -1.46. The number of imide groups is 1. The molecule has 1 heterocycles. The lowest BCUT2D eigenvalue weighted by molar-refractivity contribution is -0.120. The number of anilines is 2. The normalized spacial score (nSPS) is 13.7. The summed E-state index contributed by atoms with van der Waals surface area (Å²) in [6, 6.07) is 17.8. The predicted octanol–water partition coefficient (Wildman–Crippen LogP) is 5.19. The van der Waals surface area contributed by atoms with Crippen LogP contribution in [0.3, 0.4) is 0 Å². The number of halogens is 2. The van der Waals surface area contributed by atoms with Gasteiger partial charge in [-0.05, 0) is 42.8 Å². The highest BCUT2D eigenvalue weighted by atomic mass is 35.5. The Balaban J connectivity index is 1.83. The summed E-state index contributed by atoms with van der Waals surface area (Å²) < 4.78 is 19.6. The average molecular weight is 437 g/mol. The van der Waals surface area contributed by atoms with Gasteiger partial charge < -0.3 is 10.1 Å². The smallest absolute Gasteiger partial charge is 0.282 e. The molecule has 0 radical (unpaired) electrons. The van der Waals surface area contributed by atoms with Crippen molar-refractivity contribution in [2.24, 2.45) is 0 Å². The summed E-state index contributed by atoms with van der Waals surface area (Å²) >= 11 is 6.20. The van der Waals surface area contributed by atoms with Crippen molar-refractivity contribution < 1.29 is 18.7 Å². The van der Waals surface area contributed by atoms with Gasteiger partial charge in [0.2, 0.25) is 0 Å². The van der Waals surface area contributed by atoms with Crippen LogP contribution in [-0.4, -0.2) is 18.9 Å². The Kier molecular flexibility index (Phi) is 5.48. The molecule has 0 atom stereocenters. The molecule has 2 amide bonds. The van der Waals surface area contributed by atoms with Crippen molar-refractivity contribution in [2.75, 3.05) is 17.3 Å². The summed E-state index contributed by atoms with van der Waals surface area (Å²) in [6.45, 7) is 1.92. The molecule has 0 aromatic heterocycles. The standard InChI is InChI=1S/C24H18ClFN2O3/c1-14-7-9-15(10-8-14)21-22(27-16-11-12-20(31-2)17(25)13-16)24(30)28(23(21)29)19-6-4-3-5-18(19)26/h3-13,27H,1-2H3. The van der Waals surface area contributed by atoms with Crippen molar-refractivity contribution in [1.82, 2.24) is 0 Å². The van der Waals surface area contributed by atoms with Gasteiger partial charge in [-0.25, -0.2) is 9.29 Å². The van der Waals surface area contributed by atoms with E-state index in [0.717, 1.165) is 10.5 Å². The predicted molar refractivity (Wildman–Crippen MR) is 119 cm³/mol. The molecule has 156 valence electrons. The highest BCUT2D eigenvalue weighted by Gasteiger charge is 2.41. The van der Waals surface area contributed by atoms with Gasteiger partial charge in [0.15, 0.2) is 0 Å². The zero-order valence-corrected chi connectivity index (χ0v) is 17.5. The summed E-state index contributed by atoms with van der Waals surface area (Å²) in [7, 11) is 1.50. The van der Waals surface area contributed by atoms with Gasteiger partial charge in [-0.2, -0.15) is 0 Å². The fourth-order valence-corrected chi connectivity index (χ4v) is 3.63. The number of methoxy groups -OCH3 is 1. The van der Waals surface area contributed by atoms with Gasteiger partial charge in [0.25, 0.3) is 11.8 Å². The Morgan fingerprint density at radius 3 is 2.32 bits per heavy atom. The van der Waals surface area contributed by atoms with Crippen molar-refractivity contribution >= 4 is 40.4 Å². The molecule has 4 rings (SSSR count). The number of rotatable bonds is 5. The quantitative estimate of drug-likeness (QED) is 0.559. The Labute approximate surface area is 183 Å².